The molecule has 2 saturated heterocycles. The van der Waals surface area contributed by atoms with Crippen molar-refractivity contribution in [3.05, 3.63) is 0 Å². The van der Waals surface area contributed by atoms with Crippen molar-refractivity contribution in [2.75, 3.05) is 26.3 Å². The van der Waals surface area contributed by atoms with Crippen LogP contribution in [-0.4, -0.2) is 42.1 Å². The van der Waals surface area contributed by atoms with Gasteiger partial charge in [0.15, 0.2) is 0 Å². The first kappa shape index (κ1) is 10.8. The number of likely N-dealkylation sites (tertiary alicyclic amines) is 1. The molecule has 2 aliphatic heterocycles. The minimum absolute atomic E-state index is 0. The van der Waals surface area contributed by atoms with Gasteiger partial charge < -0.3 is 4.74 Å². The van der Waals surface area contributed by atoms with Crippen LogP contribution in [0.25, 0.3) is 0 Å². The number of piperidine rings is 1. The summed E-state index contributed by atoms with van der Waals surface area (Å²) in [5.41, 5.74) is 0. The van der Waals surface area contributed by atoms with Crippen molar-refractivity contribution < 1.29 is 4.74 Å². The van der Waals surface area contributed by atoms with Crippen LogP contribution >= 0.6 is 28.3 Å². The Kier molecular flexibility index (Phi) is 4.30. The van der Waals surface area contributed by atoms with Gasteiger partial charge in [-0.1, -0.05) is 15.9 Å². The lowest BCUT2D eigenvalue weighted by Crippen LogP contribution is -2.51. The predicted octanol–water partition coefficient (Wildman–Crippen LogP) is 1.67. The van der Waals surface area contributed by atoms with E-state index in [9.17, 15) is 0 Å². The SMILES string of the molecule is BrC1CCN(C2COC2)CC1.Cl. The van der Waals surface area contributed by atoms with Gasteiger partial charge in [-0.3, -0.25) is 4.90 Å². The highest BCUT2D eigenvalue weighted by Crippen LogP contribution is 2.21. The van der Waals surface area contributed by atoms with E-state index < -0.39 is 0 Å². The van der Waals surface area contributed by atoms with Crippen LogP contribution in [0.2, 0.25) is 0 Å². The molecule has 4 heteroatoms. The number of hydrogen-bond acceptors (Lipinski definition) is 2. The molecule has 72 valence electrons. The molecule has 0 saturated carbocycles. The number of alkyl halides is 1. The molecule has 2 nitrogen and oxygen atoms in total. The first-order valence-corrected chi connectivity index (χ1v) is 5.23. The maximum absolute atomic E-state index is 5.16. The number of halogens is 2. The maximum atomic E-state index is 5.16. The summed E-state index contributed by atoms with van der Waals surface area (Å²) in [4.78, 5) is 3.32. The molecular weight excluding hydrogens is 241 g/mol. The van der Waals surface area contributed by atoms with Crippen LogP contribution in [-0.2, 0) is 4.74 Å². The third-order valence-electron chi connectivity index (χ3n) is 2.60. The second kappa shape index (κ2) is 4.80. The fourth-order valence-electron chi connectivity index (χ4n) is 1.67. The van der Waals surface area contributed by atoms with Crippen molar-refractivity contribution >= 4 is 28.3 Å². The molecule has 0 bridgehead atoms. The molecule has 0 radical (unpaired) electrons. The molecule has 0 aromatic heterocycles. The Morgan fingerprint density at radius 3 is 2.17 bits per heavy atom. The standard InChI is InChI=1S/C8H14BrNO.ClH/c9-7-1-3-10(4-2-7)8-5-11-6-8;/h7-8H,1-6H2;1H. The molecule has 0 aromatic carbocycles. The zero-order chi connectivity index (χ0) is 7.68. The Morgan fingerprint density at radius 2 is 1.75 bits per heavy atom. The second-order valence-electron chi connectivity index (χ2n) is 3.40. The zero-order valence-electron chi connectivity index (χ0n) is 7.04. The van der Waals surface area contributed by atoms with E-state index in [2.05, 4.69) is 20.8 Å². The van der Waals surface area contributed by atoms with E-state index in [1.807, 2.05) is 0 Å². The first-order valence-electron chi connectivity index (χ1n) is 4.32. The molecule has 0 aromatic rings. The number of hydrogen-bond donors (Lipinski definition) is 0. The molecule has 2 aliphatic rings. The van der Waals surface area contributed by atoms with Crippen LogP contribution in [0.15, 0.2) is 0 Å². The summed E-state index contributed by atoms with van der Waals surface area (Å²) in [5, 5.41) is 0. The van der Waals surface area contributed by atoms with E-state index in [1.165, 1.54) is 25.9 Å². The maximum Gasteiger partial charge on any atom is 0.0645 e. The fourth-order valence-corrected chi connectivity index (χ4v) is 2.08. The molecule has 2 fully saturated rings. The van der Waals surface area contributed by atoms with Crippen molar-refractivity contribution in [3.8, 4) is 0 Å². The smallest absolute Gasteiger partial charge is 0.0645 e. The van der Waals surface area contributed by atoms with Crippen LogP contribution in [0.4, 0.5) is 0 Å². The van der Waals surface area contributed by atoms with Gasteiger partial charge >= 0.3 is 0 Å². The highest BCUT2D eigenvalue weighted by atomic mass is 79.9. The lowest BCUT2D eigenvalue weighted by molar-refractivity contribution is -0.0692. The van der Waals surface area contributed by atoms with Gasteiger partial charge in [-0.15, -0.1) is 12.4 Å². The summed E-state index contributed by atoms with van der Waals surface area (Å²) in [7, 11) is 0. The van der Waals surface area contributed by atoms with Gasteiger partial charge in [-0.25, -0.2) is 0 Å². The predicted molar refractivity (Wildman–Crippen MR) is 55.4 cm³/mol. The van der Waals surface area contributed by atoms with Gasteiger partial charge in [0.2, 0.25) is 0 Å². The Hall–Kier alpha value is 0.690. The van der Waals surface area contributed by atoms with E-state index in [1.54, 1.807) is 0 Å². The van der Waals surface area contributed by atoms with Gasteiger partial charge in [-0.05, 0) is 25.9 Å². The molecule has 12 heavy (non-hydrogen) atoms. The van der Waals surface area contributed by atoms with Crippen LogP contribution < -0.4 is 0 Å². The van der Waals surface area contributed by atoms with Gasteiger partial charge in [0, 0.05) is 4.83 Å². The van der Waals surface area contributed by atoms with Crippen molar-refractivity contribution in [1.82, 2.24) is 4.90 Å². The molecule has 0 aliphatic carbocycles. The highest BCUT2D eigenvalue weighted by Gasteiger charge is 2.28. The second-order valence-corrected chi connectivity index (χ2v) is 4.70. The lowest BCUT2D eigenvalue weighted by Gasteiger charge is -2.40. The van der Waals surface area contributed by atoms with Crippen molar-refractivity contribution in [2.45, 2.75) is 23.7 Å². The van der Waals surface area contributed by atoms with E-state index in [-0.39, 0.29) is 12.4 Å². The number of nitrogens with zero attached hydrogens (tertiary/aromatic N) is 1. The third kappa shape index (κ3) is 2.34. The van der Waals surface area contributed by atoms with E-state index in [0.29, 0.717) is 0 Å². The Bertz CT molecular complexity index is 135. The summed E-state index contributed by atoms with van der Waals surface area (Å²) in [5.74, 6) is 0. The summed E-state index contributed by atoms with van der Waals surface area (Å²) in [6, 6.07) is 0.745. The van der Waals surface area contributed by atoms with E-state index in [4.69, 9.17) is 4.74 Å². The molecular formula is C8H15BrClNO. The summed E-state index contributed by atoms with van der Waals surface area (Å²) < 4.78 is 5.16. The monoisotopic (exact) mass is 255 g/mol. The number of rotatable bonds is 1. The molecule has 2 rings (SSSR count). The number of ether oxygens (including phenoxy) is 1. The Balaban J connectivity index is 0.000000720. The van der Waals surface area contributed by atoms with Crippen molar-refractivity contribution in [3.63, 3.8) is 0 Å². The van der Waals surface area contributed by atoms with Crippen LogP contribution in [0.1, 0.15) is 12.8 Å². The Morgan fingerprint density at radius 1 is 1.17 bits per heavy atom. The van der Waals surface area contributed by atoms with Gasteiger partial charge in [0.1, 0.15) is 0 Å². The minimum Gasteiger partial charge on any atom is -0.378 e. The quantitative estimate of drug-likeness (QED) is 0.662. The van der Waals surface area contributed by atoms with Crippen molar-refractivity contribution in [2.24, 2.45) is 0 Å². The average molecular weight is 257 g/mol. The molecule has 0 unspecified atom stereocenters. The van der Waals surface area contributed by atoms with Gasteiger partial charge in [0.25, 0.3) is 0 Å². The fraction of sp³-hybridized carbons (Fsp3) is 1.00. The molecule has 0 amide bonds. The molecule has 0 atom stereocenters. The third-order valence-corrected chi connectivity index (χ3v) is 3.51. The normalized spacial score (nSPS) is 27.8. The van der Waals surface area contributed by atoms with Crippen LogP contribution in [0, 0.1) is 0 Å². The summed E-state index contributed by atoms with van der Waals surface area (Å²) in [6.07, 6.45) is 2.60. The average Bonchev–Trinajstić information content (AvgIpc) is 1.90. The van der Waals surface area contributed by atoms with Gasteiger partial charge in [0.05, 0.1) is 19.3 Å². The molecule has 0 spiro atoms. The van der Waals surface area contributed by atoms with Gasteiger partial charge in [-0.2, -0.15) is 0 Å². The molecule has 0 N–H and O–H groups in total. The highest BCUT2D eigenvalue weighted by molar-refractivity contribution is 9.09. The lowest BCUT2D eigenvalue weighted by atomic mass is 10.1. The topological polar surface area (TPSA) is 12.5 Å². The minimum atomic E-state index is 0. The largest absolute Gasteiger partial charge is 0.378 e. The van der Waals surface area contributed by atoms with Crippen LogP contribution in [0.3, 0.4) is 0 Å². The zero-order valence-corrected chi connectivity index (χ0v) is 9.44. The first-order chi connectivity index (χ1) is 5.36. The Labute approximate surface area is 88.2 Å². The van der Waals surface area contributed by atoms with Crippen molar-refractivity contribution in [1.29, 1.82) is 0 Å². The summed E-state index contributed by atoms with van der Waals surface area (Å²) >= 11 is 3.65. The van der Waals surface area contributed by atoms with Crippen LogP contribution in [0.5, 0.6) is 0 Å². The summed E-state index contributed by atoms with van der Waals surface area (Å²) in [6.45, 7) is 4.44. The van der Waals surface area contributed by atoms with E-state index in [0.717, 1.165) is 24.1 Å². The molecule has 2 heterocycles. The van der Waals surface area contributed by atoms with E-state index >= 15 is 0 Å².